The predicted molar refractivity (Wildman–Crippen MR) is 99.8 cm³/mol. The van der Waals surface area contributed by atoms with Crippen molar-refractivity contribution in [3.63, 3.8) is 0 Å². The van der Waals surface area contributed by atoms with Gasteiger partial charge in [0.1, 0.15) is 17.2 Å². The Morgan fingerprint density at radius 2 is 2.00 bits per heavy atom. The number of nitrogens with zero attached hydrogens (tertiary/aromatic N) is 4. The maximum Gasteiger partial charge on any atom is 0.133 e. The van der Waals surface area contributed by atoms with Crippen molar-refractivity contribution < 1.29 is 5.11 Å². The molecule has 1 fully saturated rings. The third-order valence-electron chi connectivity index (χ3n) is 5.72. The van der Waals surface area contributed by atoms with E-state index in [-0.39, 0.29) is 0 Å². The van der Waals surface area contributed by atoms with Gasteiger partial charge in [-0.3, -0.25) is 0 Å². The SMILES string of the molecule is OC1(c2cccs2)CCN(CCCc2nnc3n2CCCCC3)CC1. The van der Waals surface area contributed by atoms with Crippen LogP contribution in [-0.4, -0.2) is 44.4 Å². The number of thiophene rings is 1. The Morgan fingerprint density at radius 1 is 1.12 bits per heavy atom. The number of aliphatic hydroxyl groups is 1. The average Bonchev–Trinajstić information content (AvgIpc) is 3.23. The van der Waals surface area contributed by atoms with Crippen LogP contribution in [0.3, 0.4) is 0 Å². The van der Waals surface area contributed by atoms with Crippen LogP contribution in [0.1, 0.15) is 55.1 Å². The zero-order valence-electron chi connectivity index (χ0n) is 14.9. The lowest BCUT2D eigenvalue weighted by molar-refractivity contribution is -0.0230. The highest BCUT2D eigenvalue weighted by Gasteiger charge is 2.34. The average molecular weight is 361 g/mol. The van der Waals surface area contributed by atoms with Crippen molar-refractivity contribution in [2.45, 2.75) is 63.5 Å². The molecular weight excluding hydrogens is 332 g/mol. The van der Waals surface area contributed by atoms with Crippen LogP contribution in [0.15, 0.2) is 17.5 Å². The number of aryl methyl sites for hydroxylation is 2. The summed E-state index contributed by atoms with van der Waals surface area (Å²) in [5.74, 6) is 2.36. The standard InChI is InChI=1S/C19H28N4OS/c24-19(16-6-5-15-25-16)9-13-22(14-10-19)11-4-8-18-21-20-17-7-2-1-3-12-23(17)18/h5-6,15,24H,1-4,7-14H2. The van der Waals surface area contributed by atoms with Crippen molar-refractivity contribution in [2.24, 2.45) is 0 Å². The predicted octanol–water partition coefficient (Wildman–Crippen LogP) is 2.98. The van der Waals surface area contributed by atoms with Gasteiger partial charge in [-0.2, -0.15) is 0 Å². The minimum Gasteiger partial charge on any atom is -0.384 e. The van der Waals surface area contributed by atoms with Crippen LogP contribution < -0.4 is 0 Å². The minimum atomic E-state index is -0.602. The van der Waals surface area contributed by atoms with Gasteiger partial charge in [-0.1, -0.05) is 12.5 Å². The number of likely N-dealkylation sites (tertiary alicyclic amines) is 1. The maximum absolute atomic E-state index is 10.8. The normalized spacial score (nSPS) is 21.0. The van der Waals surface area contributed by atoms with Gasteiger partial charge in [0, 0.05) is 37.4 Å². The lowest BCUT2D eigenvalue weighted by atomic mass is 9.90. The van der Waals surface area contributed by atoms with Crippen LogP contribution in [-0.2, 0) is 25.0 Å². The van der Waals surface area contributed by atoms with Crippen molar-refractivity contribution in [3.05, 3.63) is 34.0 Å². The summed E-state index contributed by atoms with van der Waals surface area (Å²) in [6.45, 7) is 4.14. The molecule has 2 aromatic heterocycles. The molecule has 4 rings (SSSR count). The third kappa shape index (κ3) is 3.81. The lowest BCUT2D eigenvalue weighted by Crippen LogP contribution is -2.42. The fourth-order valence-corrected chi connectivity index (χ4v) is 5.01. The van der Waals surface area contributed by atoms with Crippen LogP contribution in [0.2, 0.25) is 0 Å². The summed E-state index contributed by atoms with van der Waals surface area (Å²) in [5, 5.41) is 21.7. The van der Waals surface area contributed by atoms with E-state index < -0.39 is 5.60 Å². The van der Waals surface area contributed by atoms with Gasteiger partial charge in [0.05, 0.1) is 0 Å². The second kappa shape index (κ2) is 7.56. The molecule has 1 saturated heterocycles. The van der Waals surface area contributed by atoms with E-state index in [1.54, 1.807) is 11.3 Å². The van der Waals surface area contributed by atoms with E-state index in [0.29, 0.717) is 0 Å². The fourth-order valence-electron chi connectivity index (χ4n) is 4.13. The van der Waals surface area contributed by atoms with Crippen molar-refractivity contribution >= 4 is 11.3 Å². The Bertz CT molecular complexity index is 674. The van der Waals surface area contributed by atoms with E-state index >= 15 is 0 Å². The Kier molecular flexibility index (Phi) is 5.20. The first kappa shape index (κ1) is 17.2. The highest BCUT2D eigenvalue weighted by molar-refractivity contribution is 7.10. The second-order valence-corrected chi connectivity index (χ2v) is 8.40. The molecule has 136 valence electrons. The van der Waals surface area contributed by atoms with Crippen molar-refractivity contribution in [3.8, 4) is 0 Å². The van der Waals surface area contributed by atoms with E-state index in [1.165, 1.54) is 30.9 Å². The lowest BCUT2D eigenvalue weighted by Gasteiger charge is -2.37. The molecule has 0 bridgehead atoms. The molecular formula is C19H28N4OS. The summed E-state index contributed by atoms with van der Waals surface area (Å²) in [6, 6.07) is 4.10. The molecule has 2 aliphatic heterocycles. The van der Waals surface area contributed by atoms with Crippen molar-refractivity contribution in [1.82, 2.24) is 19.7 Å². The molecule has 0 saturated carbocycles. The molecule has 0 atom stereocenters. The number of piperidine rings is 1. The Morgan fingerprint density at radius 3 is 2.80 bits per heavy atom. The number of hydrogen-bond donors (Lipinski definition) is 1. The summed E-state index contributed by atoms with van der Waals surface area (Å²) < 4.78 is 2.36. The van der Waals surface area contributed by atoms with Gasteiger partial charge in [0.2, 0.25) is 0 Å². The molecule has 1 N–H and O–H groups in total. The maximum atomic E-state index is 10.8. The monoisotopic (exact) mass is 360 g/mol. The highest BCUT2D eigenvalue weighted by atomic mass is 32.1. The summed E-state index contributed by atoms with van der Waals surface area (Å²) in [5.41, 5.74) is -0.602. The molecule has 0 radical (unpaired) electrons. The van der Waals surface area contributed by atoms with E-state index in [4.69, 9.17) is 0 Å². The topological polar surface area (TPSA) is 54.2 Å². The van der Waals surface area contributed by atoms with Gasteiger partial charge in [-0.25, -0.2) is 0 Å². The molecule has 6 heteroatoms. The zero-order valence-corrected chi connectivity index (χ0v) is 15.7. The van der Waals surface area contributed by atoms with Crippen LogP contribution in [0.4, 0.5) is 0 Å². The van der Waals surface area contributed by atoms with Gasteiger partial charge in [-0.05, 0) is 50.1 Å². The van der Waals surface area contributed by atoms with Crippen molar-refractivity contribution in [1.29, 1.82) is 0 Å². The van der Waals surface area contributed by atoms with Gasteiger partial charge < -0.3 is 14.6 Å². The molecule has 4 heterocycles. The van der Waals surface area contributed by atoms with Gasteiger partial charge in [0.25, 0.3) is 0 Å². The Hall–Kier alpha value is -1.24. The second-order valence-electron chi connectivity index (χ2n) is 7.45. The molecule has 0 unspecified atom stereocenters. The summed E-state index contributed by atoms with van der Waals surface area (Å²) >= 11 is 1.67. The first-order chi connectivity index (χ1) is 12.2. The largest absolute Gasteiger partial charge is 0.384 e. The molecule has 0 amide bonds. The summed E-state index contributed by atoms with van der Waals surface area (Å²) in [6.07, 6.45) is 8.71. The Labute approximate surface area is 153 Å². The van der Waals surface area contributed by atoms with E-state index in [1.807, 2.05) is 6.07 Å². The highest BCUT2D eigenvalue weighted by Crippen LogP contribution is 2.35. The fraction of sp³-hybridized carbons (Fsp3) is 0.684. The smallest absolute Gasteiger partial charge is 0.133 e. The quantitative estimate of drug-likeness (QED) is 0.891. The van der Waals surface area contributed by atoms with Gasteiger partial charge >= 0.3 is 0 Å². The molecule has 0 spiro atoms. The summed E-state index contributed by atoms with van der Waals surface area (Å²) in [7, 11) is 0. The number of aromatic nitrogens is 3. The number of hydrogen-bond acceptors (Lipinski definition) is 5. The van der Waals surface area contributed by atoms with Gasteiger partial charge in [0.15, 0.2) is 0 Å². The van der Waals surface area contributed by atoms with Crippen molar-refractivity contribution in [2.75, 3.05) is 19.6 Å². The minimum absolute atomic E-state index is 0.602. The van der Waals surface area contributed by atoms with E-state index in [2.05, 4.69) is 31.1 Å². The van der Waals surface area contributed by atoms with Gasteiger partial charge in [-0.15, -0.1) is 21.5 Å². The zero-order chi connectivity index (χ0) is 17.1. The first-order valence-electron chi connectivity index (χ1n) is 9.64. The molecule has 25 heavy (non-hydrogen) atoms. The molecule has 5 nitrogen and oxygen atoms in total. The summed E-state index contributed by atoms with van der Waals surface area (Å²) in [4.78, 5) is 3.61. The number of fused-ring (bicyclic) bond motifs is 1. The van der Waals surface area contributed by atoms with Crippen LogP contribution in [0.25, 0.3) is 0 Å². The van der Waals surface area contributed by atoms with E-state index in [9.17, 15) is 5.11 Å². The Balaban J connectivity index is 1.26. The van der Waals surface area contributed by atoms with Crippen LogP contribution >= 0.6 is 11.3 Å². The molecule has 0 aliphatic carbocycles. The van der Waals surface area contributed by atoms with Crippen LogP contribution in [0, 0.1) is 0 Å². The molecule has 0 aromatic carbocycles. The number of rotatable bonds is 5. The molecule has 2 aromatic rings. The first-order valence-corrected chi connectivity index (χ1v) is 10.5. The van der Waals surface area contributed by atoms with E-state index in [0.717, 1.165) is 63.2 Å². The third-order valence-corrected chi connectivity index (χ3v) is 6.79. The van der Waals surface area contributed by atoms with Crippen LogP contribution in [0.5, 0.6) is 0 Å². The molecule has 2 aliphatic rings.